The molecule has 0 rings (SSSR count). The molecule has 0 spiro atoms. The van der Waals surface area contributed by atoms with Crippen LogP contribution in [0.4, 0.5) is 0 Å². The highest BCUT2D eigenvalue weighted by Gasteiger charge is 2.38. The SMILES string of the molecule is CCCCCCC(P(=O)(O)O)S(=O)(=O)O. The van der Waals surface area contributed by atoms with Crippen LogP contribution in [0.25, 0.3) is 0 Å². The van der Waals surface area contributed by atoms with Gasteiger partial charge in [-0.3, -0.25) is 9.12 Å². The third-order valence-corrected chi connectivity index (χ3v) is 5.58. The molecule has 15 heavy (non-hydrogen) atoms. The molecule has 0 aromatic heterocycles. The topological polar surface area (TPSA) is 112 Å². The minimum Gasteiger partial charge on any atom is -0.323 e. The number of unbranched alkanes of at least 4 members (excludes halogenated alkanes) is 3. The van der Waals surface area contributed by atoms with Crippen LogP contribution in [-0.4, -0.2) is 27.7 Å². The molecular weight excluding hydrogens is 243 g/mol. The van der Waals surface area contributed by atoms with Gasteiger partial charge in [0.2, 0.25) is 0 Å². The molecule has 0 saturated carbocycles. The van der Waals surface area contributed by atoms with E-state index in [0.717, 1.165) is 12.8 Å². The van der Waals surface area contributed by atoms with Crippen molar-refractivity contribution < 1.29 is 27.3 Å². The van der Waals surface area contributed by atoms with Gasteiger partial charge in [-0.2, -0.15) is 8.42 Å². The minimum atomic E-state index is -4.78. The Balaban J connectivity index is 4.37. The highest BCUT2D eigenvalue weighted by atomic mass is 32.2. The summed E-state index contributed by atoms with van der Waals surface area (Å²) in [4.78, 5) is 15.5. The molecule has 3 N–H and O–H groups in total. The van der Waals surface area contributed by atoms with Gasteiger partial charge < -0.3 is 9.79 Å². The molecule has 0 aliphatic rings. The molecule has 0 heterocycles. The molecule has 0 saturated heterocycles. The van der Waals surface area contributed by atoms with Gasteiger partial charge in [0.05, 0.1) is 0 Å². The van der Waals surface area contributed by atoms with Crippen LogP contribution < -0.4 is 0 Å². The molecule has 0 aliphatic heterocycles. The molecule has 92 valence electrons. The fourth-order valence-corrected chi connectivity index (χ4v) is 3.61. The summed E-state index contributed by atoms with van der Waals surface area (Å²) >= 11 is 0. The van der Waals surface area contributed by atoms with Gasteiger partial charge in [-0.25, -0.2) is 0 Å². The van der Waals surface area contributed by atoms with Crippen molar-refractivity contribution in [3.8, 4) is 0 Å². The summed E-state index contributed by atoms with van der Waals surface area (Å²) < 4.78 is 40.9. The van der Waals surface area contributed by atoms with E-state index >= 15 is 0 Å². The zero-order valence-corrected chi connectivity index (χ0v) is 10.2. The lowest BCUT2D eigenvalue weighted by molar-refractivity contribution is 0.359. The molecule has 8 heteroatoms. The van der Waals surface area contributed by atoms with Crippen molar-refractivity contribution in [3.05, 3.63) is 0 Å². The first-order valence-electron chi connectivity index (χ1n) is 4.71. The first-order chi connectivity index (χ1) is 6.69. The lowest BCUT2D eigenvalue weighted by atomic mass is 10.2. The molecule has 0 radical (unpaired) electrons. The summed E-state index contributed by atoms with van der Waals surface area (Å²) in [5, 5.41) is 0. The van der Waals surface area contributed by atoms with Crippen molar-refractivity contribution in [3.63, 3.8) is 0 Å². The van der Waals surface area contributed by atoms with Crippen LogP contribution in [0.1, 0.15) is 39.0 Å². The smallest absolute Gasteiger partial charge is 0.323 e. The van der Waals surface area contributed by atoms with E-state index in [1.54, 1.807) is 0 Å². The summed E-state index contributed by atoms with van der Waals surface area (Å²) in [6.45, 7) is 1.96. The normalized spacial score (nSPS) is 15.2. The predicted octanol–water partition coefficient (Wildman–Crippen LogP) is 1.35. The van der Waals surface area contributed by atoms with Crippen molar-refractivity contribution >= 4 is 17.7 Å². The van der Waals surface area contributed by atoms with Crippen LogP contribution in [0.3, 0.4) is 0 Å². The first-order valence-corrected chi connectivity index (χ1v) is 7.89. The van der Waals surface area contributed by atoms with E-state index in [1.807, 2.05) is 6.92 Å². The van der Waals surface area contributed by atoms with Gasteiger partial charge in [-0.05, 0) is 6.42 Å². The Labute approximate surface area is 89.6 Å². The quantitative estimate of drug-likeness (QED) is 0.362. The monoisotopic (exact) mass is 260 g/mol. The minimum absolute atomic E-state index is 0.205. The van der Waals surface area contributed by atoms with E-state index in [9.17, 15) is 13.0 Å². The number of rotatable bonds is 7. The predicted molar refractivity (Wildman–Crippen MR) is 56.1 cm³/mol. The largest absolute Gasteiger partial charge is 0.346 e. The maximum Gasteiger partial charge on any atom is 0.346 e. The fraction of sp³-hybridized carbons (Fsp3) is 1.00. The van der Waals surface area contributed by atoms with Crippen LogP contribution in [0.15, 0.2) is 0 Å². The molecule has 0 aromatic carbocycles. The molecule has 0 aliphatic carbocycles. The molecule has 1 atom stereocenters. The van der Waals surface area contributed by atoms with Crippen LogP contribution in [0.2, 0.25) is 0 Å². The zero-order chi connectivity index (χ0) is 12.1. The van der Waals surface area contributed by atoms with E-state index in [1.165, 1.54) is 0 Å². The van der Waals surface area contributed by atoms with Crippen LogP contribution in [0.5, 0.6) is 0 Å². The second-order valence-corrected chi connectivity index (χ2v) is 7.16. The molecule has 6 nitrogen and oxygen atoms in total. The van der Waals surface area contributed by atoms with Gasteiger partial charge in [0.15, 0.2) is 4.99 Å². The second kappa shape index (κ2) is 5.96. The molecule has 0 bridgehead atoms. The average molecular weight is 260 g/mol. The van der Waals surface area contributed by atoms with Crippen molar-refractivity contribution in [1.29, 1.82) is 0 Å². The van der Waals surface area contributed by atoms with Gasteiger partial charge in [-0.15, -0.1) is 0 Å². The van der Waals surface area contributed by atoms with E-state index < -0.39 is 22.7 Å². The Kier molecular flexibility index (Phi) is 5.98. The maximum absolute atomic E-state index is 10.8. The molecule has 0 fully saturated rings. The van der Waals surface area contributed by atoms with E-state index in [4.69, 9.17) is 14.3 Å². The van der Waals surface area contributed by atoms with E-state index in [0.29, 0.717) is 12.8 Å². The van der Waals surface area contributed by atoms with E-state index in [2.05, 4.69) is 0 Å². The van der Waals surface area contributed by atoms with Gasteiger partial charge in [0.25, 0.3) is 10.1 Å². The maximum atomic E-state index is 10.8. The molecule has 0 aromatic rings. The van der Waals surface area contributed by atoms with Crippen molar-refractivity contribution in [2.75, 3.05) is 0 Å². The van der Waals surface area contributed by atoms with Crippen molar-refractivity contribution in [2.24, 2.45) is 0 Å². The molecule has 1 unspecified atom stereocenters. The van der Waals surface area contributed by atoms with E-state index in [-0.39, 0.29) is 6.42 Å². The van der Waals surface area contributed by atoms with Crippen molar-refractivity contribution in [1.82, 2.24) is 0 Å². The van der Waals surface area contributed by atoms with Crippen LogP contribution in [-0.2, 0) is 14.7 Å². The summed E-state index contributed by atoms with van der Waals surface area (Å²) in [5.74, 6) is 0. The summed E-state index contributed by atoms with van der Waals surface area (Å²) in [5.41, 5.74) is 0. The van der Waals surface area contributed by atoms with Gasteiger partial charge in [0, 0.05) is 0 Å². The molecule has 0 amide bonds. The first kappa shape index (κ1) is 15.1. The Morgan fingerprint density at radius 1 is 1.20 bits per heavy atom. The zero-order valence-electron chi connectivity index (χ0n) is 8.53. The Bertz CT molecular complexity index is 318. The van der Waals surface area contributed by atoms with Crippen molar-refractivity contribution in [2.45, 2.75) is 44.0 Å². The summed E-state index contributed by atoms with van der Waals surface area (Å²) in [7, 11) is -9.46. The second-order valence-electron chi connectivity index (χ2n) is 3.41. The Morgan fingerprint density at radius 2 is 1.73 bits per heavy atom. The van der Waals surface area contributed by atoms with Gasteiger partial charge in [0.1, 0.15) is 0 Å². The highest BCUT2D eigenvalue weighted by Crippen LogP contribution is 2.46. The fourth-order valence-electron chi connectivity index (χ4n) is 1.24. The lowest BCUT2D eigenvalue weighted by Crippen LogP contribution is -2.20. The molecular formula is C7H17O6PS. The summed E-state index contributed by atoms with van der Waals surface area (Å²) in [6, 6.07) is 0. The number of hydrogen-bond donors (Lipinski definition) is 3. The van der Waals surface area contributed by atoms with Crippen LogP contribution in [0, 0.1) is 0 Å². The standard InChI is InChI=1S/C7H17O6PS/c1-2-3-4-5-6-7(14(8,9)10)15(11,12)13/h7H,2-6H2,1H3,(H2,8,9,10)(H,11,12,13). The third kappa shape index (κ3) is 6.27. The summed E-state index contributed by atoms with van der Waals surface area (Å²) in [6.07, 6.45) is 2.68. The van der Waals surface area contributed by atoms with Crippen LogP contribution >= 0.6 is 7.60 Å². The highest BCUT2D eigenvalue weighted by molar-refractivity contribution is 7.93. The van der Waals surface area contributed by atoms with Gasteiger partial charge >= 0.3 is 7.60 Å². The Hall–Kier alpha value is 0.0600. The lowest BCUT2D eigenvalue weighted by Gasteiger charge is -2.14. The third-order valence-electron chi connectivity index (χ3n) is 2.02. The van der Waals surface area contributed by atoms with Gasteiger partial charge in [-0.1, -0.05) is 32.6 Å². The Morgan fingerprint density at radius 3 is 2.07 bits per heavy atom. The number of hydrogen-bond acceptors (Lipinski definition) is 3. The average Bonchev–Trinajstić information content (AvgIpc) is 1.99.